The Balaban J connectivity index is 3.34. The number of carboxylic acid groups (broad SMARTS) is 1. The van der Waals surface area contributed by atoms with Crippen molar-refractivity contribution in [3.8, 4) is 0 Å². The Morgan fingerprint density at radius 1 is 1.56 bits per heavy atom. The third-order valence-corrected chi connectivity index (χ3v) is 3.09. The van der Waals surface area contributed by atoms with Gasteiger partial charge in [0.25, 0.3) is 0 Å². The molecule has 0 aliphatic rings. The maximum absolute atomic E-state index is 11.1. The van der Waals surface area contributed by atoms with Crippen molar-refractivity contribution >= 4 is 27.6 Å². The van der Waals surface area contributed by atoms with Gasteiger partial charge in [-0.3, -0.25) is 4.79 Å². The van der Waals surface area contributed by atoms with Crippen molar-refractivity contribution in [2.75, 3.05) is 25.5 Å². The second kappa shape index (κ2) is 5.32. The molecule has 0 amide bonds. The minimum absolute atomic E-state index is 0.0821. The Morgan fingerprint density at radius 3 is 2.62 bits per heavy atom. The molecule has 0 aliphatic heterocycles. The Bertz CT molecular complexity index is 394. The number of rotatable bonds is 4. The molecule has 4 nitrogen and oxygen atoms in total. The summed E-state index contributed by atoms with van der Waals surface area (Å²) in [7, 11) is 3.75. The first-order valence-electron chi connectivity index (χ1n) is 4.87. The van der Waals surface area contributed by atoms with Crippen LogP contribution in [0.3, 0.4) is 0 Å². The molecule has 1 unspecified atom stereocenters. The van der Waals surface area contributed by atoms with Gasteiger partial charge in [0.15, 0.2) is 0 Å². The highest BCUT2D eigenvalue weighted by Gasteiger charge is 2.24. The predicted molar refractivity (Wildman–Crippen MR) is 67.9 cm³/mol. The second-order valence-corrected chi connectivity index (χ2v) is 4.55. The molecule has 0 saturated heterocycles. The second-order valence-electron chi connectivity index (χ2n) is 3.69. The molecule has 16 heavy (non-hydrogen) atoms. The molecule has 0 bridgehead atoms. The first kappa shape index (κ1) is 13.0. The number of hydrogen-bond acceptors (Lipinski definition) is 3. The quantitative estimate of drug-likeness (QED) is 0.883. The summed E-state index contributed by atoms with van der Waals surface area (Å²) >= 11 is 3.38. The maximum atomic E-state index is 11.1. The van der Waals surface area contributed by atoms with Crippen LogP contribution in [0.1, 0.15) is 11.5 Å². The van der Waals surface area contributed by atoms with Gasteiger partial charge in [0.2, 0.25) is 0 Å². The maximum Gasteiger partial charge on any atom is 0.312 e. The first-order valence-corrected chi connectivity index (χ1v) is 5.67. The van der Waals surface area contributed by atoms with Crippen LogP contribution in [0.4, 0.5) is 5.69 Å². The van der Waals surface area contributed by atoms with E-state index in [9.17, 15) is 4.79 Å². The summed E-state index contributed by atoms with van der Waals surface area (Å²) in [6, 6.07) is 5.58. The van der Waals surface area contributed by atoms with Crippen molar-refractivity contribution in [1.29, 1.82) is 0 Å². The number of nitrogens with zero attached hydrogens (tertiary/aromatic N) is 1. The summed E-state index contributed by atoms with van der Waals surface area (Å²) in [5.41, 5.74) is 7.12. The monoisotopic (exact) mass is 286 g/mol. The zero-order chi connectivity index (χ0) is 12.3. The lowest BCUT2D eigenvalue weighted by Gasteiger charge is -2.22. The van der Waals surface area contributed by atoms with E-state index in [0.29, 0.717) is 0 Å². The van der Waals surface area contributed by atoms with Gasteiger partial charge in [-0.25, -0.2) is 0 Å². The molecule has 5 heteroatoms. The summed E-state index contributed by atoms with van der Waals surface area (Å²) in [6.45, 7) is 0.0821. The number of hydrogen-bond donors (Lipinski definition) is 2. The van der Waals surface area contributed by atoms with E-state index < -0.39 is 11.9 Å². The molecule has 3 N–H and O–H groups in total. The van der Waals surface area contributed by atoms with Crippen LogP contribution >= 0.6 is 15.9 Å². The smallest absolute Gasteiger partial charge is 0.312 e. The average molecular weight is 287 g/mol. The van der Waals surface area contributed by atoms with Gasteiger partial charge in [-0.1, -0.05) is 22.0 Å². The lowest BCUT2D eigenvalue weighted by molar-refractivity contribution is -0.138. The summed E-state index contributed by atoms with van der Waals surface area (Å²) < 4.78 is 0.775. The molecule has 0 aromatic heterocycles. The minimum Gasteiger partial charge on any atom is -0.481 e. The third-order valence-electron chi connectivity index (χ3n) is 2.39. The fraction of sp³-hybridized carbons (Fsp3) is 0.364. The third kappa shape index (κ3) is 2.54. The molecule has 1 atom stereocenters. The Kier molecular flexibility index (Phi) is 4.32. The molecule has 0 spiro atoms. The Hall–Kier alpha value is -1.07. The predicted octanol–water partition coefficient (Wildman–Crippen LogP) is 1.64. The van der Waals surface area contributed by atoms with E-state index in [1.807, 2.05) is 37.2 Å². The fourth-order valence-electron chi connectivity index (χ4n) is 1.60. The van der Waals surface area contributed by atoms with Gasteiger partial charge in [-0.05, 0) is 12.1 Å². The van der Waals surface area contributed by atoms with Crippen molar-refractivity contribution in [2.45, 2.75) is 5.92 Å². The van der Waals surface area contributed by atoms with Crippen LogP contribution < -0.4 is 10.6 Å². The highest BCUT2D eigenvalue weighted by Crippen LogP contribution is 2.33. The summed E-state index contributed by atoms with van der Waals surface area (Å²) in [5, 5.41) is 9.14. The van der Waals surface area contributed by atoms with Crippen LogP contribution in [0, 0.1) is 0 Å². The highest BCUT2D eigenvalue weighted by molar-refractivity contribution is 9.10. The van der Waals surface area contributed by atoms with E-state index in [1.54, 1.807) is 0 Å². The Labute approximate surface area is 103 Å². The van der Waals surface area contributed by atoms with Gasteiger partial charge >= 0.3 is 5.97 Å². The van der Waals surface area contributed by atoms with Gasteiger partial charge in [0, 0.05) is 36.4 Å². The highest BCUT2D eigenvalue weighted by atomic mass is 79.9. The molecular formula is C11H15BrN2O2. The van der Waals surface area contributed by atoms with Crippen LogP contribution in [-0.2, 0) is 4.79 Å². The molecule has 1 rings (SSSR count). The SMILES string of the molecule is CN(C)c1cccc(Br)c1C(CN)C(=O)O. The molecule has 0 saturated carbocycles. The molecule has 0 fully saturated rings. The van der Waals surface area contributed by atoms with Crippen LogP contribution in [0.25, 0.3) is 0 Å². The van der Waals surface area contributed by atoms with E-state index in [1.165, 1.54) is 0 Å². The lowest BCUT2D eigenvalue weighted by atomic mass is 9.97. The number of carboxylic acids is 1. The summed E-state index contributed by atoms with van der Waals surface area (Å²) in [6.07, 6.45) is 0. The lowest BCUT2D eigenvalue weighted by Crippen LogP contribution is -2.24. The fourth-order valence-corrected chi connectivity index (χ4v) is 2.23. The largest absolute Gasteiger partial charge is 0.481 e. The molecule has 1 aromatic rings. The van der Waals surface area contributed by atoms with Crippen LogP contribution in [0.2, 0.25) is 0 Å². The normalized spacial score (nSPS) is 12.2. The zero-order valence-corrected chi connectivity index (χ0v) is 10.9. The van der Waals surface area contributed by atoms with E-state index in [4.69, 9.17) is 10.8 Å². The van der Waals surface area contributed by atoms with Crippen molar-refractivity contribution in [3.63, 3.8) is 0 Å². The van der Waals surface area contributed by atoms with Crippen molar-refractivity contribution in [2.24, 2.45) is 5.73 Å². The van der Waals surface area contributed by atoms with Crippen LogP contribution in [0.15, 0.2) is 22.7 Å². The number of anilines is 1. The standard InChI is InChI=1S/C11H15BrN2O2/c1-14(2)9-5-3-4-8(12)10(9)7(6-13)11(15)16/h3-5,7H,6,13H2,1-2H3,(H,15,16). The number of halogens is 1. The number of nitrogens with two attached hydrogens (primary N) is 1. The molecule has 0 radical (unpaired) electrons. The van der Waals surface area contributed by atoms with Crippen LogP contribution in [-0.4, -0.2) is 31.7 Å². The van der Waals surface area contributed by atoms with E-state index >= 15 is 0 Å². The van der Waals surface area contributed by atoms with Gasteiger partial charge in [0.05, 0.1) is 5.92 Å². The first-order chi connectivity index (χ1) is 7.49. The van der Waals surface area contributed by atoms with E-state index in [-0.39, 0.29) is 6.54 Å². The zero-order valence-electron chi connectivity index (χ0n) is 9.27. The van der Waals surface area contributed by atoms with E-state index in [0.717, 1.165) is 15.7 Å². The van der Waals surface area contributed by atoms with Gasteiger partial charge in [0.1, 0.15) is 0 Å². The van der Waals surface area contributed by atoms with Crippen LogP contribution in [0.5, 0.6) is 0 Å². The summed E-state index contributed by atoms with van der Waals surface area (Å²) in [5.74, 6) is -1.59. The van der Waals surface area contributed by atoms with Gasteiger partial charge in [-0.15, -0.1) is 0 Å². The molecule has 1 aromatic carbocycles. The van der Waals surface area contributed by atoms with Gasteiger partial charge < -0.3 is 15.7 Å². The molecule has 88 valence electrons. The van der Waals surface area contributed by atoms with Gasteiger partial charge in [-0.2, -0.15) is 0 Å². The molecule has 0 aliphatic carbocycles. The Morgan fingerprint density at radius 2 is 2.19 bits per heavy atom. The average Bonchev–Trinajstić information content (AvgIpc) is 2.20. The van der Waals surface area contributed by atoms with Crippen molar-refractivity contribution in [1.82, 2.24) is 0 Å². The minimum atomic E-state index is -0.905. The number of aliphatic carboxylic acids is 1. The number of carbonyl (C=O) groups is 1. The topological polar surface area (TPSA) is 66.6 Å². The molecule has 0 heterocycles. The summed E-state index contributed by atoms with van der Waals surface area (Å²) in [4.78, 5) is 13.0. The number of benzene rings is 1. The van der Waals surface area contributed by atoms with Crippen molar-refractivity contribution in [3.05, 3.63) is 28.2 Å². The van der Waals surface area contributed by atoms with E-state index in [2.05, 4.69) is 15.9 Å². The molecular weight excluding hydrogens is 272 g/mol. The van der Waals surface area contributed by atoms with Crippen molar-refractivity contribution < 1.29 is 9.90 Å².